The van der Waals surface area contributed by atoms with Crippen molar-refractivity contribution in [2.45, 2.75) is 26.0 Å². The summed E-state index contributed by atoms with van der Waals surface area (Å²) in [4.78, 5) is 0. The fourth-order valence-corrected chi connectivity index (χ4v) is 2.65. The molecule has 0 saturated heterocycles. The van der Waals surface area contributed by atoms with Crippen LogP contribution in [0, 0.1) is 11.3 Å². The fraction of sp³-hybridized carbons (Fsp3) is 0.364. The maximum atomic E-state index is 8.84. The molecule has 0 fully saturated rings. The zero-order valence-electron chi connectivity index (χ0n) is 8.84. The normalized spacial score (nSPS) is 11.9. The van der Waals surface area contributed by atoms with Crippen LogP contribution in [0.25, 0.3) is 0 Å². The molecule has 0 aliphatic heterocycles. The summed E-state index contributed by atoms with van der Waals surface area (Å²) in [5.41, 5.74) is 6.55. The summed E-state index contributed by atoms with van der Waals surface area (Å²) in [6, 6.07) is 5.88. The topological polar surface area (TPSA) is 59.0 Å². The molecule has 0 aliphatic carbocycles. The lowest BCUT2D eigenvalue weighted by Gasteiger charge is -2.14. The van der Waals surface area contributed by atoms with Crippen LogP contribution in [0.4, 0.5) is 0 Å². The first-order valence-electron chi connectivity index (χ1n) is 4.86. The molecule has 0 spiro atoms. The van der Waals surface area contributed by atoms with Crippen LogP contribution in [0.5, 0.6) is 5.75 Å². The van der Waals surface area contributed by atoms with Crippen molar-refractivity contribution in [1.82, 2.24) is 0 Å². The highest BCUT2D eigenvalue weighted by molar-refractivity contribution is 9.11. The molecular weight excluding hydrogens is 336 g/mol. The van der Waals surface area contributed by atoms with Gasteiger partial charge in [-0.2, -0.15) is 5.26 Å². The van der Waals surface area contributed by atoms with Gasteiger partial charge in [0.15, 0.2) is 6.10 Å². The Morgan fingerprint density at radius 2 is 2.00 bits per heavy atom. The summed E-state index contributed by atoms with van der Waals surface area (Å²) >= 11 is 6.81. The maximum absolute atomic E-state index is 8.84. The van der Waals surface area contributed by atoms with Crippen molar-refractivity contribution in [3.05, 3.63) is 26.6 Å². The molecule has 0 aromatic heterocycles. The average Bonchev–Trinajstić information content (AvgIpc) is 2.28. The third-order valence-electron chi connectivity index (χ3n) is 2.07. The maximum Gasteiger partial charge on any atom is 0.184 e. The molecule has 0 saturated carbocycles. The van der Waals surface area contributed by atoms with E-state index in [1.165, 1.54) is 0 Å². The molecule has 1 rings (SSSR count). The van der Waals surface area contributed by atoms with E-state index < -0.39 is 6.10 Å². The van der Waals surface area contributed by atoms with Crippen LogP contribution in [0.15, 0.2) is 21.1 Å². The summed E-state index contributed by atoms with van der Waals surface area (Å²) in [7, 11) is 0. The minimum Gasteiger partial charge on any atom is -0.473 e. The molecule has 1 atom stereocenters. The lowest BCUT2D eigenvalue weighted by atomic mass is 10.2. The third kappa shape index (κ3) is 3.21. The van der Waals surface area contributed by atoms with Crippen molar-refractivity contribution in [1.29, 1.82) is 5.26 Å². The first-order chi connectivity index (χ1) is 7.62. The summed E-state index contributed by atoms with van der Waals surface area (Å²) in [5, 5.41) is 8.84. The van der Waals surface area contributed by atoms with Gasteiger partial charge in [-0.1, -0.05) is 6.92 Å². The number of hydrogen-bond donors (Lipinski definition) is 1. The minimum atomic E-state index is -0.434. The molecule has 0 radical (unpaired) electrons. The summed E-state index contributed by atoms with van der Waals surface area (Å²) in [5.74, 6) is 0.644. The van der Waals surface area contributed by atoms with E-state index in [1.807, 2.05) is 19.1 Å². The van der Waals surface area contributed by atoms with Gasteiger partial charge in [-0.25, -0.2) is 0 Å². The number of benzene rings is 1. The Balaban J connectivity index is 3.01. The van der Waals surface area contributed by atoms with Gasteiger partial charge in [0.2, 0.25) is 0 Å². The Morgan fingerprint density at radius 3 is 2.38 bits per heavy atom. The Hall–Kier alpha value is -0.570. The second-order valence-electron chi connectivity index (χ2n) is 3.24. The van der Waals surface area contributed by atoms with Gasteiger partial charge in [0.1, 0.15) is 11.8 Å². The number of hydrogen-bond acceptors (Lipinski definition) is 3. The molecule has 0 amide bonds. The Bertz CT molecular complexity index is 392. The van der Waals surface area contributed by atoms with Gasteiger partial charge in [0.05, 0.1) is 8.95 Å². The van der Waals surface area contributed by atoms with E-state index in [-0.39, 0.29) is 0 Å². The van der Waals surface area contributed by atoms with Crippen LogP contribution in [0.2, 0.25) is 0 Å². The summed E-state index contributed by atoms with van der Waals surface area (Å²) in [6.45, 7) is 2.37. The molecule has 0 bridgehead atoms. The van der Waals surface area contributed by atoms with E-state index in [0.717, 1.165) is 14.5 Å². The van der Waals surface area contributed by atoms with Crippen LogP contribution in [-0.4, -0.2) is 6.10 Å². The lowest BCUT2D eigenvalue weighted by Crippen LogP contribution is -2.13. The van der Waals surface area contributed by atoms with Gasteiger partial charge in [0, 0.05) is 6.54 Å². The third-order valence-corrected chi connectivity index (χ3v) is 3.25. The van der Waals surface area contributed by atoms with Crippen molar-refractivity contribution in [3.8, 4) is 11.8 Å². The largest absolute Gasteiger partial charge is 0.473 e. The minimum absolute atomic E-state index is 0.434. The fourth-order valence-electron chi connectivity index (χ4n) is 1.19. The van der Waals surface area contributed by atoms with Crippen molar-refractivity contribution in [2.75, 3.05) is 0 Å². The van der Waals surface area contributed by atoms with Gasteiger partial charge in [-0.05, 0) is 56.0 Å². The van der Waals surface area contributed by atoms with Crippen LogP contribution in [0.3, 0.4) is 0 Å². The van der Waals surface area contributed by atoms with Gasteiger partial charge >= 0.3 is 0 Å². The SMILES string of the molecule is CCC(C#N)Oc1c(Br)cc(CN)cc1Br. The van der Waals surface area contributed by atoms with E-state index in [2.05, 4.69) is 37.9 Å². The van der Waals surface area contributed by atoms with E-state index in [4.69, 9.17) is 15.7 Å². The first-order valence-corrected chi connectivity index (χ1v) is 6.45. The average molecular weight is 348 g/mol. The van der Waals surface area contributed by atoms with E-state index >= 15 is 0 Å². The molecule has 0 heterocycles. The predicted octanol–water partition coefficient (Wildman–Crippen LogP) is 3.35. The number of nitrogens with two attached hydrogens (primary N) is 1. The van der Waals surface area contributed by atoms with Gasteiger partial charge in [-0.15, -0.1) is 0 Å². The van der Waals surface area contributed by atoms with Gasteiger partial charge in [0.25, 0.3) is 0 Å². The van der Waals surface area contributed by atoms with E-state index in [1.54, 1.807) is 0 Å². The van der Waals surface area contributed by atoms with Gasteiger partial charge < -0.3 is 10.5 Å². The summed E-state index contributed by atoms with van der Waals surface area (Å²) < 4.78 is 7.18. The zero-order chi connectivity index (χ0) is 12.1. The van der Waals surface area contributed by atoms with Crippen molar-refractivity contribution in [3.63, 3.8) is 0 Å². The van der Waals surface area contributed by atoms with E-state index in [0.29, 0.717) is 18.7 Å². The molecule has 1 aromatic rings. The molecule has 86 valence electrons. The molecule has 5 heteroatoms. The van der Waals surface area contributed by atoms with Crippen LogP contribution in [0.1, 0.15) is 18.9 Å². The van der Waals surface area contributed by atoms with E-state index in [9.17, 15) is 0 Å². The highest BCUT2D eigenvalue weighted by atomic mass is 79.9. The van der Waals surface area contributed by atoms with Crippen molar-refractivity contribution < 1.29 is 4.74 Å². The number of nitriles is 1. The highest BCUT2D eigenvalue weighted by Gasteiger charge is 2.13. The smallest absolute Gasteiger partial charge is 0.184 e. The number of nitrogens with zero attached hydrogens (tertiary/aromatic N) is 1. The number of halogens is 2. The number of rotatable bonds is 4. The lowest BCUT2D eigenvalue weighted by molar-refractivity contribution is 0.248. The molecule has 2 N–H and O–H groups in total. The van der Waals surface area contributed by atoms with Crippen LogP contribution in [-0.2, 0) is 6.54 Å². The standard InChI is InChI=1S/C11H12Br2N2O/c1-2-8(6-15)16-11-9(12)3-7(5-14)4-10(11)13/h3-4,8H,2,5,14H2,1H3. The van der Waals surface area contributed by atoms with Gasteiger partial charge in [-0.3, -0.25) is 0 Å². The predicted molar refractivity (Wildman–Crippen MR) is 70.1 cm³/mol. The van der Waals surface area contributed by atoms with Crippen molar-refractivity contribution in [2.24, 2.45) is 5.73 Å². The number of ether oxygens (including phenoxy) is 1. The molecular formula is C11H12Br2N2O. The van der Waals surface area contributed by atoms with Crippen LogP contribution >= 0.6 is 31.9 Å². The Morgan fingerprint density at radius 1 is 1.44 bits per heavy atom. The molecule has 3 nitrogen and oxygen atoms in total. The first kappa shape index (κ1) is 13.5. The van der Waals surface area contributed by atoms with Crippen LogP contribution < -0.4 is 10.5 Å². The monoisotopic (exact) mass is 346 g/mol. The molecule has 16 heavy (non-hydrogen) atoms. The quantitative estimate of drug-likeness (QED) is 0.908. The Kier molecular flexibility index (Phi) is 5.26. The second-order valence-corrected chi connectivity index (χ2v) is 4.95. The molecule has 1 unspecified atom stereocenters. The summed E-state index contributed by atoms with van der Waals surface area (Å²) in [6.07, 6.45) is 0.213. The molecule has 1 aromatic carbocycles. The molecule has 0 aliphatic rings. The zero-order valence-corrected chi connectivity index (χ0v) is 12.0. The van der Waals surface area contributed by atoms with Crippen molar-refractivity contribution >= 4 is 31.9 Å². The highest BCUT2D eigenvalue weighted by Crippen LogP contribution is 2.35. The Labute approximate surface area is 112 Å². The second kappa shape index (κ2) is 6.24.